The van der Waals surface area contributed by atoms with E-state index in [1.165, 1.54) is 12.8 Å². The number of fused-ring (bicyclic) bond motifs is 5. The SMILES string of the molecule is Cc1cccc(C)c1C1CC2C(=O)C[C@@H]3CNCCN3C(=O)C3CCCC(C3)S(=O)(=O)NC(N1)N2C1CCCCCC1. The Morgan fingerprint density at radius 2 is 1.62 bits per heavy atom. The van der Waals surface area contributed by atoms with Gasteiger partial charge in [0.15, 0.2) is 5.78 Å². The molecular weight excluding hydrogens is 550 g/mol. The number of amides is 1. The van der Waals surface area contributed by atoms with Gasteiger partial charge in [0.25, 0.3) is 0 Å². The van der Waals surface area contributed by atoms with E-state index in [2.05, 4.69) is 46.2 Å². The van der Waals surface area contributed by atoms with Gasteiger partial charge in [0.05, 0.1) is 17.3 Å². The van der Waals surface area contributed by atoms with Gasteiger partial charge >= 0.3 is 0 Å². The van der Waals surface area contributed by atoms with Crippen LogP contribution in [0.15, 0.2) is 18.2 Å². The van der Waals surface area contributed by atoms with Crippen molar-refractivity contribution in [2.24, 2.45) is 5.92 Å². The second kappa shape index (κ2) is 12.6. The number of nitrogens with zero attached hydrogens (tertiary/aromatic N) is 2. The van der Waals surface area contributed by atoms with Crippen LogP contribution in [0, 0.1) is 19.8 Å². The summed E-state index contributed by atoms with van der Waals surface area (Å²) in [4.78, 5) is 32.5. The number of nitrogens with one attached hydrogen (secondary N) is 3. The fourth-order valence-corrected chi connectivity index (χ4v) is 10.3. The summed E-state index contributed by atoms with van der Waals surface area (Å²) >= 11 is 0. The summed E-state index contributed by atoms with van der Waals surface area (Å²) in [7, 11) is -3.77. The van der Waals surface area contributed by atoms with Gasteiger partial charge in [-0.15, -0.1) is 0 Å². The van der Waals surface area contributed by atoms with Gasteiger partial charge < -0.3 is 10.2 Å². The lowest BCUT2D eigenvalue weighted by Crippen LogP contribution is -2.69. The first-order valence-corrected chi connectivity index (χ1v) is 17.9. The lowest BCUT2D eigenvalue weighted by atomic mass is 9.85. The van der Waals surface area contributed by atoms with E-state index >= 15 is 0 Å². The Hall–Kier alpha value is -1.85. The van der Waals surface area contributed by atoms with Gasteiger partial charge in [-0.05, 0) is 69.1 Å². The highest BCUT2D eigenvalue weighted by Gasteiger charge is 2.48. The molecule has 6 atom stereocenters. The van der Waals surface area contributed by atoms with Crippen molar-refractivity contribution in [2.45, 2.75) is 127 Å². The molecule has 4 bridgehead atoms. The number of sulfonamides is 1. The number of piperazine rings is 1. The smallest absolute Gasteiger partial charge is 0.226 e. The van der Waals surface area contributed by atoms with Crippen molar-refractivity contribution in [1.82, 2.24) is 25.2 Å². The molecule has 5 unspecified atom stereocenters. The molecule has 5 fully saturated rings. The number of carbonyl (C=O) groups is 2. The average Bonchev–Trinajstić information content (AvgIpc) is 3.26. The summed E-state index contributed by atoms with van der Waals surface area (Å²) in [6.45, 7) is 6.06. The molecule has 1 aromatic rings. The molecule has 2 aliphatic carbocycles. The maximum atomic E-state index is 14.6. The molecule has 3 heterocycles. The predicted molar refractivity (Wildman–Crippen MR) is 163 cm³/mol. The summed E-state index contributed by atoms with van der Waals surface area (Å²) < 4.78 is 31.4. The van der Waals surface area contributed by atoms with E-state index < -0.39 is 27.6 Å². The van der Waals surface area contributed by atoms with E-state index in [0.717, 1.165) is 48.8 Å². The zero-order chi connectivity index (χ0) is 29.4. The highest BCUT2D eigenvalue weighted by atomic mass is 32.2. The fraction of sp³-hybridized carbons (Fsp3) is 0.750. The molecule has 2 saturated carbocycles. The van der Waals surface area contributed by atoms with Crippen LogP contribution in [0.4, 0.5) is 0 Å². The van der Waals surface area contributed by atoms with Crippen LogP contribution in [0.3, 0.4) is 0 Å². The number of hydrogen-bond donors (Lipinski definition) is 3. The molecule has 232 valence electrons. The first kappa shape index (κ1) is 30.2. The van der Waals surface area contributed by atoms with E-state index in [4.69, 9.17) is 0 Å². The lowest BCUT2D eigenvalue weighted by Gasteiger charge is -2.50. The van der Waals surface area contributed by atoms with Gasteiger partial charge in [0.1, 0.15) is 6.29 Å². The van der Waals surface area contributed by atoms with Gasteiger partial charge in [-0.25, -0.2) is 8.42 Å². The van der Waals surface area contributed by atoms with Crippen LogP contribution in [0.1, 0.15) is 99.8 Å². The second-order valence-electron chi connectivity index (χ2n) is 13.5. The predicted octanol–water partition coefficient (Wildman–Crippen LogP) is 3.27. The summed E-state index contributed by atoms with van der Waals surface area (Å²) in [6, 6.07) is 5.55. The summed E-state index contributed by atoms with van der Waals surface area (Å²) in [5, 5.41) is 6.54. The van der Waals surface area contributed by atoms with E-state index in [-0.39, 0.29) is 35.7 Å². The molecule has 10 heteroatoms. The first-order valence-electron chi connectivity index (χ1n) is 16.4. The maximum Gasteiger partial charge on any atom is 0.226 e. The standard InChI is InChI=1S/C32H49N5O4S/c1-21-9-7-10-22(2)30(21)27-19-28-29(38)18-25-20-33-15-16-36(25)31(39)23-11-8-14-26(17-23)42(40,41)35-32(34-27)37(28)24-12-5-3-4-6-13-24/h7,9-10,23-28,32-35H,3-6,8,11-20H2,1-2H3/t23?,25-,26?,27?,28?,32?/m1/s1. The Bertz CT molecular complexity index is 1240. The summed E-state index contributed by atoms with van der Waals surface area (Å²) in [5.41, 5.74) is 3.44. The minimum absolute atomic E-state index is 0.0311. The number of Topliss-reactive ketones (excluding diaryl/α,β-unsaturated/α-hetero) is 1. The Labute approximate surface area is 251 Å². The third-order valence-corrected chi connectivity index (χ3v) is 12.6. The van der Waals surface area contributed by atoms with Gasteiger partial charge in [0, 0.05) is 44.1 Å². The van der Waals surface area contributed by atoms with Crippen molar-refractivity contribution in [3.05, 3.63) is 34.9 Å². The molecule has 1 aromatic carbocycles. The topological polar surface area (TPSA) is 111 Å². The van der Waals surface area contributed by atoms with Gasteiger partial charge in [-0.3, -0.25) is 19.8 Å². The second-order valence-corrected chi connectivity index (χ2v) is 15.5. The van der Waals surface area contributed by atoms with E-state index in [0.29, 0.717) is 51.7 Å². The Morgan fingerprint density at radius 3 is 2.36 bits per heavy atom. The largest absolute Gasteiger partial charge is 0.336 e. The zero-order valence-electron chi connectivity index (χ0n) is 25.3. The highest BCUT2D eigenvalue weighted by Crippen LogP contribution is 2.38. The van der Waals surface area contributed by atoms with Crippen LogP contribution in [-0.2, 0) is 19.6 Å². The molecule has 1 amide bonds. The van der Waals surface area contributed by atoms with Crippen molar-refractivity contribution in [1.29, 1.82) is 0 Å². The third kappa shape index (κ3) is 6.07. The van der Waals surface area contributed by atoms with Crippen molar-refractivity contribution < 1.29 is 18.0 Å². The molecule has 0 spiro atoms. The molecule has 0 radical (unpaired) electrons. The first-order chi connectivity index (χ1) is 20.2. The molecule has 6 rings (SSSR count). The van der Waals surface area contributed by atoms with Crippen LogP contribution in [0.25, 0.3) is 0 Å². The highest BCUT2D eigenvalue weighted by molar-refractivity contribution is 7.90. The van der Waals surface area contributed by atoms with Crippen LogP contribution in [-0.4, -0.2) is 79.2 Å². The number of ketones is 1. The Kier molecular flexibility index (Phi) is 9.08. The average molecular weight is 600 g/mol. The number of hydrogen-bond acceptors (Lipinski definition) is 7. The molecule has 0 aromatic heterocycles. The van der Waals surface area contributed by atoms with Crippen LogP contribution < -0.4 is 15.4 Å². The van der Waals surface area contributed by atoms with Gasteiger partial charge in [-0.1, -0.05) is 50.3 Å². The number of rotatable bonds is 2. The van der Waals surface area contributed by atoms with Crippen molar-refractivity contribution >= 4 is 21.7 Å². The third-order valence-electron chi connectivity index (χ3n) is 10.7. The summed E-state index contributed by atoms with van der Waals surface area (Å²) in [6.07, 6.45) is 8.96. The molecule has 3 saturated heterocycles. The minimum Gasteiger partial charge on any atom is -0.336 e. The Balaban J connectivity index is 1.45. The molecular formula is C32H49N5O4S. The van der Waals surface area contributed by atoms with E-state index in [1.807, 2.05) is 11.0 Å². The van der Waals surface area contributed by atoms with Gasteiger partial charge in [0.2, 0.25) is 15.9 Å². The van der Waals surface area contributed by atoms with Crippen LogP contribution in [0.5, 0.6) is 0 Å². The van der Waals surface area contributed by atoms with E-state index in [1.54, 1.807) is 0 Å². The van der Waals surface area contributed by atoms with Gasteiger partial charge in [-0.2, -0.15) is 4.72 Å². The van der Waals surface area contributed by atoms with Crippen LogP contribution >= 0.6 is 0 Å². The van der Waals surface area contributed by atoms with Crippen molar-refractivity contribution in [3.8, 4) is 0 Å². The number of aryl methyl sites for hydroxylation is 2. The number of carbonyl (C=O) groups excluding carboxylic acids is 2. The van der Waals surface area contributed by atoms with Crippen LogP contribution in [0.2, 0.25) is 0 Å². The molecule has 5 aliphatic rings. The monoisotopic (exact) mass is 599 g/mol. The quantitative estimate of drug-likeness (QED) is 0.448. The van der Waals surface area contributed by atoms with Crippen molar-refractivity contribution in [3.63, 3.8) is 0 Å². The summed E-state index contributed by atoms with van der Waals surface area (Å²) in [5.74, 6) is -0.164. The normalized spacial score (nSPS) is 35.3. The van der Waals surface area contributed by atoms with E-state index in [9.17, 15) is 18.0 Å². The molecule has 42 heavy (non-hydrogen) atoms. The number of benzene rings is 1. The molecule has 3 N–H and O–H groups in total. The fourth-order valence-electron chi connectivity index (χ4n) is 8.60. The molecule has 3 aliphatic heterocycles. The Morgan fingerprint density at radius 1 is 0.881 bits per heavy atom. The molecule has 9 nitrogen and oxygen atoms in total. The van der Waals surface area contributed by atoms with Crippen molar-refractivity contribution in [2.75, 3.05) is 19.6 Å². The minimum atomic E-state index is -3.77. The lowest BCUT2D eigenvalue weighted by molar-refractivity contribution is -0.141. The zero-order valence-corrected chi connectivity index (χ0v) is 26.1. The maximum absolute atomic E-state index is 14.6.